The summed E-state index contributed by atoms with van der Waals surface area (Å²) in [5.74, 6) is 2.40. The van der Waals surface area contributed by atoms with Gasteiger partial charge in [-0.05, 0) is 49.4 Å². The lowest BCUT2D eigenvalue weighted by Crippen LogP contribution is -2.33. The van der Waals surface area contributed by atoms with Gasteiger partial charge in [-0.2, -0.15) is 10.1 Å². The van der Waals surface area contributed by atoms with Crippen LogP contribution in [0.15, 0.2) is 63.2 Å². The van der Waals surface area contributed by atoms with E-state index in [9.17, 15) is 4.79 Å². The molecule has 0 amide bonds. The first-order valence-corrected chi connectivity index (χ1v) is 10.5. The maximum Gasteiger partial charge on any atom is 0.226 e. The molecule has 0 bridgehead atoms. The molecule has 1 N–H and O–H groups in total. The number of hydrogen-bond donors (Lipinski definition) is 1. The van der Waals surface area contributed by atoms with Crippen LogP contribution in [-0.2, 0) is 4.79 Å². The Balaban J connectivity index is 1.61. The Hall–Kier alpha value is -2.80. The molecule has 1 aromatic carbocycles. The lowest BCUT2D eigenvalue weighted by molar-refractivity contribution is -0.117. The molecule has 7 heteroatoms. The molecule has 2 aromatic heterocycles. The average molecular weight is 392 g/mol. The van der Waals surface area contributed by atoms with Gasteiger partial charge in [0.2, 0.25) is 5.95 Å². The number of carbonyl (C=O) groups excluding carboxylic acids is 1. The third-order valence-electron chi connectivity index (χ3n) is 5.40. The van der Waals surface area contributed by atoms with E-state index in [0.717, 1.165) is 29.0 Å². The summed E-state index contributed by atoms with van der Waals surface area (Å²) in [7, 11) is 0. The highest BCUT2D eigenvalue weighted by Crippen LogP contribution is 2.44. The first kappa shape index (κ1) is 17.3. The molecule has 3 heterocycles. The van der Waals surface area contributed by atoms with Gasteiger partial charge in [0.05, 0.1) is 6.26 Å². The molecular formula is C21H20N4O2S. The van der Waals surface area contributed by atoms with Crippen LogP contribution in [-0.4, -0.2) is 26.8 Å². The summed E-state index contributed by atoms with van der Waals surface area (Å²) in [6, 6.07) is 11.9. The van der Waals surface area contributed by atoms with E-state index < -0.39 is 0 Å². The van der Waals surface area contributed by atoms with E-state index in [2.05, 4.69) is 45.9 Å². The van der Waals surface area contributed by atoms with E-state index >= 15 is 0 Å². The summed E-state index contributed by atoms with van der Waals surface area (Å²) in [6.45, 7) is 1.87. The van der Waals surface area contributed by atoms with E-state index in [1.54, 1.807) is 18.0 Å². The number of Topliss-reactive ketones (excluding diaryl/α,β-unsaturated/α-hetero) is 1. The van der Waals surface area contributed by atoms with Crippen LogP contribution in [0.3, 0.4) is 0 Å². The van der Waals surface area contributed by atoms with Crippen molar-refractivity contribution in [3.8, 4) is 0 Å². The van der Waals surface area contributed by atoms with E-state index in [1.165, 1.54) is 4.90 Å². The van der Waals surface area contributed by atoms with E-state index in [0.29, 0.717) is 18.2 Å². The average Bonchev–Trinajstić information content (AvgIpc) is 3.35. The maximum atomic E-state index is 13.3. The van der Waals surface area contributed by atoms with Gasteiger partial charge in [-0.1, -0.05) is 12.1 Å². The lowest BCUT2D eigenvalue weighted by Gasteiger charge is -2.34. The van der Waals surface area contributed by atoms with Gasteiger partial charge < -0.3 is 9.73 Å². The van der Waals surface area contributed by atoms with Crippen LogP contribution in [0, 0.1) is 6.92 Å². The summed E-state index contributed by atoms with van der Waals surface area (Å²) in [5, 5.41) is 7.95. The fourth-order valence-corrected chi connectivity index (χ4v) is 4.55. The molecule has 142 valence electrons. The molecule has 3 aromatic rings. The van der Waals surface area contributed by atoms with Gasteiger partial charge in [-0.25, -0.2) is 4.68 Å². The van der Waals surface area contributed by atoms with Crippen LogP contribution < -0.4 is 5.32 Å². The van der Waals surface area contributed by atoms with Crippen molar-refractivity contribution >= 4 is 23.5 Å². The topological polar surface area (TPSA) is 73.0 Å². The number of nitrogens with zero attached hydrogens (tertiary/aromatic N) is 3. The Kier molecular flexibility index (Phi) is 4.12. The SMILES string of the molecule is CSc1ccc(C2C3=C(CC(c4ccco4)CC3=O)Nc3nc(C)nn32)cc1. The number of allylic oxidation sites excluding steroid dienone is 2. The molecular weight excluding hydrogens is 372 g/mol. The van der Waals surface area contributed by atoms with Crippen LogP contribution in [0.25, 0.3) is 0 Å². The second-order valence-electron chi connectivity index (χ2n) is 7.16. The molecule has 1 aliphatic carbocycles. The largest absolute Gasteiger partial charge is 0.469 e. The van der Waals surface area contributed by atoms with Crippen LogP contribution in [0.2, 0.25) is 0 Å². The zero-order valence-corrected chi connectivity index (χ0v) is 16.5. The monoisotopic (exact) mass is 392 g/mol. The minimum Gasteiger partial charge on any atom is -0.469 e. The Labute approximate surface area is 167 Å². The number of rotatable bonds is 3. The van der Waals surface area contributed by atoms with Gasteiger partial charge in [0.1, 0.15) is 17.6 Å². The number of thioether (sulfide) groups is 1. The minimum absolute atomic E-state index is 0.0452. The molecule has 0 saturated carbocycles. The van der Waals surface area contributed by atoms with Crippen molar-refractivity contribution in [3.63, 3.8) is 0 Å². The highest BCUT2D eigenvalue weighted by atomic mass is 32.2. The number of fused-ring (bicyclic) bond motifs is 1. The summed E-state index contributed by atoms with van der Waals surface area (Å²) in [4.78, 5) is 19.0. The smallest absolute Gasteiger partial charge is 0.226 e. The quantitative estimate of drug-likeness (QED) is 0.670. The number of furan rings is 1. The second kappa shape index (κ2) is 6.67. The Morgan fingerprint density at radius 3 is 2.75 bits per heavy atom. The van der Waals surface area contributed by atoms with Crippen molar-refractivity contribution in [2.75, 3.05) is 11.6 Å². The second-order valence-corrected chi connectivity index (χ2v) is 8.04. The normalized spacial score (nSPS) is 21.3. The van der Waals surface area contributed by atoms with Crippen molar-refractivity contribution < 1.29 is 9.21 Å². The molecule has 0 radical (unpaired) electrons. The van der Waals surface area contributed by atoms with Gasteiger partial charge >= 0.3 is 0 Å². The number of aryl methyl sites for hydroxylation is 1. The first-order valence-electron chi connectivity index (χ1n) is 9.28. The van der Waals surface area contributed by atoms with E-state index in [4.69, 9.17) is 4.42 Å². The van der Waals surface area contributed by atoms with E-state index in [1.807, 2.05) is 23.7 Å². The lowest BCUT2D eigenvalue weighted by atomic mass is 9.79. The fourth-order valence-electron chi connectivity index (χ4n) is 4.14. The first-order chi connectivity index (χ1) is 13.6. The van der Waals surface area contributed by atoms with Crippen molar-refractivity contribution in [2.45, 2.75) is 36.6 Å². The van der Waals surface area contributed by atoms with E-state index in [-0.39, 0.29) is 17.7 Å². The summed E-state index contributed by atoms with van der Waals surface area (Å²) < 4.78 is 7.41. The summed E-state index contributed by atoms with van der Waals surface area (Å²) >= 11 is 1.70. The molecule has 0 fully saturated rings. The Bertz CT molecular complexity index is 1070. The fraction of sp³-hybridized carbons (Fsp3) is 0.286. The van der Waals surface area contributed by atoms with Crippen LogP contribution in [0.4, 0.5) is 5.95 Å². The molecule has 2 unspecified atom stereocenters. The molecule has 2 atom stereocenters. The summed E-state index contributed by atoms with van der Waals surface area (Å²) in [6.07, 6.45) is 4.88. The van der Waals surface area contributed by atoms with Crippen molar-refractivity contribution in [1.29, 1.82) is 0 Å². The number of hydrogen-bond acceptors (Lipinski definition) is 6. The number of carbonyl (C=O) groups is 1. The van der Waals surface area contributed by atoms with Gasteiger partial charge in [-0.3, -0.25) is 4.79 Å². The molecule has 5 rings (SSSR count). The van der Waals surface area contributed by atoms with Crippen LogP contribution >= 0.6 is 11.8 Å². The molecule has 28 heavy (non-hydrogen) atoms. The van der Waals surface area contributed by atoms with Crippen molar-refractivity contribution in [1.82, 2.24) is 14.8 Å². The number of benzene rings is 1. The number of anilines is 1. The van der Waals surface area contributed by atoms with Gasteiger partial charge in [0.15, 0.2) is 5.78 Å². The summed E-state index contributed by atoms with van der Waals surface area (Å²) in [5.41, 5.74) is 2.76. The molecule has 6 nitrogen and oxygen atoms in total. The van der Waals surface area contributed by atoms with Crippen LogP contribution in [0.1, 0.15) is 41.9 Å². The number of ketones is 1. The van der Waals surface area contributed by atoms with Crippen molar-refractivity contribution in [2.24, 2.45) is 0 Å². The maximum absolute atomic E-state index is 13.3. The predicted molar refractivity (Wildman–Crippen MR) is 107 cm³/mol. The zero-order chi connectivity index (χ0) is 19.3. The molecule has 2 aliphatic rings. The van der Waals surface area contributed by atoms with Crippen molar-refractivity contribution in [3.05, 3.63) is 71.1 Å². The standard InChI is InChI=1S/C21H20N4O2S/c1-12-22-21-23-16-10-14(18-4-3-9-27-18)11-17(26)19(16)20(25(21)24-12)13-5-7-15(28-2)8-6-13/h3-9,14,20H,10-11H2,1-2H3,(H,22,23,24). The Morgan fingerprint density at radius 1 is 1.21 bits per heavy atom. The van der Waals surface area contributed by atoms with Gasteiger partial charge in [-0.15, -0.1) is 11.8 Å². The minimum atomic E-state index is -0.256. The zero-order valence-electron chi connectivity index (χ0n) is 15.7. The third kappa shape index (κ3) is 2.77. The van der Waals surface area contributed by atoms with Gasteiger partial charge in [0, 0.05) is 28.5 Å². The number of nitrogens with one attached hydrogen (secondary N) is 1. The van der Waals surface area contributed by atoms with Gasteiger partial charge in [0.25, 0.3) is 0 Å². The third-order valence-corrected chi connectivity index (χ3v) is 6.15. The predicted octanol–water partition coefficient (Wildman–Crippen LogP) is 4.32. The van der Waals surface area contributed by atoms with Crippen LogP contribution in [0.5, 0.6) is 0 Å². The molecule has 0 saturated heterocycles. The molecule has 1 aliphatic heterocycles. The highest BCUT2D eigenvalue weighted by Gasteiger charge is 2.40. The molecule has 0 spiro atoms. The highest BCUT2D eigenvalue weighted by molar-refractivity contribution is 7.98. The Morgan fingerprint density at radius 2 is 2.04 bits per heavy atom. The number of aromatic nitrogens is 3.